The molecule has 0 N–H and O–H groups in total. The van der Waals surface area contributed by atoms with Crippen LogP contribution < -0.4 is 0 Å². The molecule has 5 rings (SSSR count). The summed E-state index contributed by atoms with van der Waals surface area (Å²) < 4.78 is 35.2. The van der Waals surface area contributed by atoms with E-state index in [1.807, 2.05) is 43.3 Å². The monoisotopic (exact) mass is 459 g/mol. The van der Waals surface area contributed by atoms with Gasteiger partial charge in [-0.25, -0.2) is 8.42 Å². The average Bonchev–Trinajstić information content (AvgIpc) is 3.45. The molecule has 4 unspecified atom stereocenters. The fourth-order valence-corrected chi connectivity index (χ4v) is 7.36. The lowest BCUT2D eigenvalue weighted by Crippen LogP contribution is -2.51. The van der Waals surface area contributed by atoms with E-state index in [9.17, 15) is 8.42 Å². The third-order valence-corrected chi connectivity index (χ3v) is 9.21. The molecule has 0 spiro atoms. The minimum absolute atomic E-state index is 0.0406. The highest BCUT2D eigenvalue weighted by Gasteiger charge is 2.54. The van der Waals surface area contributed by atoms with Gasteiger partial charge in [0.15, 0.2) is 0 Å². The largest absolute Gasteiger partial charge is 0.369 e. The molecule has 4 nitrogen and oxygen atoms in total. The highest BCUT2D eigenvalue weighted by molar-refractivity contribution is 7.89. The van der Waals surface area contributed by atoms with Crippen LogP contribution >= 0.6 is 0 Å². The number of ether oxygens (including phenoxy) is 1. The van der Waals surface area contributed by atoms with Crippen LogP contribution in [0.2, 0.25) is 0 Å². The molecule has 0 aromatic heterocycles. The summed E-state index contributed by atoms with van der Waals surface area (Å²) in [6.45, 7) is 2.53. The maximum atomic E-state index is 13.7. The van der Waals surface area contributed by atoms with Crippen molar-refractivity contribution in [2.75, 3.05) is 6.54 Å². The van der Waals surface area contributed by atoms with Crippen molar-refractivity contribution in [3.8, 4) is 12.3 Å². The van der Waals surface area contributed by atoms with Gasteiger partial charge in [0.25, 0.3) is 0 Å². The molecule has 2 aromatic carbocycles. The second-order valence-corrected chi connectivity index (χ2v) is 11.2. The molecule has 2 bridgehead atoms. The van der Waals surface area contributed by atoms with Gasteiger partial charge < -0.3 is 4.74 Å². The molecular formula is C28H29NO3S. The molecular weight excluding hydrogens is 430 g/mol. The first-order valence-corrected chi connectivity index (χ1v) is 13.0. The van der Waals surface area contributed by atoms with Crippen molar-refractivity contribution in [3.05, 3.63) is 90.0 Å². The van der Waals surface area contributed by atoms with E-state index < -0.39 is 10.0 Å². The van der Waals surface area contributed by atoms with E-state index in [2.05, 4.69) is 36.3 Å². The summed E-state index contributed by atoms with van der Waals surface area (Å²) in [5.41, 5.74) is 2.16. The molecule has 5 heteroatoms. The molecule has 170 valence electrons. The molecule has 3 aliphatic carbocycles. The van der Waals surface area contributed by atoms with Crippen LogP contribution in [0.4, 0.5) is 0 Å². The van der Waals surface area contributed by atoms with E-state index >= 15 is 0 Å². The molecule has 0 radical (unpaired) electrons. The normalized spacial score (nSPS) is 29.8. The van der Waals surface area contributed by atoms with Crippen LogP contribution in [0.1, 0.15) is 17.5 Å². The lowest BCUT2D eigenvalue weighted by atomic mass is 9.72. The van der Waals surface area contributed by atoms with Crippen molar-refractivity contribution in [1.29, 1.82) is 0 Å². The number of sulfonamides is 1. The Balaban J connectivity index is 1.46. The first kappa shape index (κ1) is 22.2. The SMILES string of the molecule is C#CCN([C@H]1C=C[C@@H](OCc2ccccc2)C2C3C=CC(C3)C21)S(=O)(=O)c1ccc(C)cc1. The standard InChI is InChI=1S/C28H29NO3S/c1-3-17-29(33(30,31)24-13-9-20(2)10-14-24)25-15-16-26(32-19-21-7-5-4-6-8-21)28-23-12-11-22(18-23)27(25)28/h1,4-16,22-23,25-28H,17-19H2,2H3/t22?,23?,25-,26+,27?,28?/m0/s1. The number of hydrogen-bond donors (Lipinski definition) is 0. The van der Waals surface area contributed by atoms with E-state index in [-0.39, 0.29) is 35.4 Å². The number of hydrogen-bond acceptors (Lipinski definition) is 3. The zero-order valence-electron chi connectivity index (χ0n) is 18.7. The molecule has 33 heavy (non-hydrogen) atoms. The zero-order valence-corrected chi connectivity index (χ0v) is 19.6. The van der Waals surface area contributed by atoms with E-state index in [1.54, 1.807) is 12.1 Å². The molecule has 1 saturated carbocycles. The minimum Gasteiger partial charge on any atom is -0.369 e. The van der Waals surface area contributed by atoms with Crippen molar-refractivity contribution in [3.63, 3.8) is 0 Å². The van der Waals surface area contributed by atoms with Crippen molar-refractivity contribution < 1.29 is 13.2 Å². The minimum atomic E-state index is -3.73. The smallest absolute Gasteiger partial charge is 0.244 e. The second-order valence-electron chi connectivity index (χ2n) is 9.31. The van der Waals surface area contributed by atoms with Gasteiger partial charge in [0.05, 0.1) is 24.2 Å². The molecule has 1 fully saturated rings. The van der Waals surface area contributed by atoms with Crippen LogP contribution in [-0.4, -0.2) is 31.4 Å². The Morgan fingerprint density at radius 1 is 0.970 bits per heavy atom. The molecule has 2 aromatic rings. The van der Waals surface area contributed by atoms with Gasteiger partial charge in [-0.05, 0) is 48.8 Å². The van der Waals surface area contributed by atoms with E-state index in [0.717, 1.165) is 17.5 Å². The summed E-state index contributed by atoms with van der Waals surface area (Å²) in [5, 5.41) is 0. The number of aryl methyl sites for hydroxylation is 1. The number of fused-ring (bicyclic) bond motifs is 5. The van der Waals surface area contributed by atoms with Gasteiger partial charge in [-0.2, -0.15) is 4.31 Å². The number of allylic oxidation sites excluding steroid dienone is 2. The number of benzene rings is 2. The quantitative estimate of drug-likeness (QED) is 0.450. The van der Waals surface area contributed by atoms with E-state index in [4.69, 9.17) is 11.2 Å². The topological polar surface area (TPSA) is 46.6 Å². The predicted molar refractivity (Wildman–Crippen MR) is 130 cm³/mol. The second kappa shape index (κ2) is 8.95. The number of rotatable bonds is 7. The van der Waals surface area contributed by atoms with Crippen LogP contribution in [0.15, 0.2) is 83.8 Å². The first-order valence-electron chi connectivity index (χ1n) is 11.5. The Bertz CT molecular complexity index is 1190. The average molecular weight is 460 g/mol. The molecule has 0 aliphatic heterocycles. The fraction of sp³-hybridized carbons (Fsp3) is 0.357. The highest BCUT2D eigenvalue weighted by atomic mass is 32.2. The van der Waals surface area contributed by atoms with Crippen molar-refractivity contribution in [1.82, 2.24) is 4.31 Å². The van der Waals surface area contributed by atoms with Crippen LogP contribution in [0.5, 0.6) is 0 Å². The van der Waals surface area contributed by atoms with Crippen molar-refractivity contribution >= 4 is 10.0 Å². The Hall–Kier alpha value is -2.65. The van der Waals surface area contributed by atoms with Crippen molar-refractivity contribution in [2.45, 2.75) is 37.0 Å². The summed E-state index contributed by atoms with van der Waals surface area (Å²) in [5.74, 6) is 3.74. The molecule has 0 saturated heterocycles. The molecule has 6 atom stereocenters. The van der Waals surface area contributed by atoms with Gasteiger partial charge in [-0.15, -0.1) is 6.42 Å². The Morgan fingerprint density at radius 3 is 2.36 bits per heavy atom. The Labute approximate surface area is 197 Å². The number of nitrogens with zero attached hydrogens (tertiary/aromatic N) is 1. The summed E-state index contributed by atoms with van der Waals surface area (Å²) in [6.07, 6.45) is 15.3. The zero-order chi connectivity index (χ0) is 23.0. The maximum absolute atomic E-state index is 13.7. The fourth-order valence-electron chi connectivity index (χ4n) is 5.83. The summed E-state index contributed by atoms with van der Waals surface area (Å²) in [7, 11) is -3.73. The molecule has 3 aliphatic rings. The third kappa shape index (κ3) is 4.08. The first-order chi connectivity index (χ1) is 16.0. The van der Waals surface area contributed by atoms with Crippen LogP contribution in [-0.2, 0) is 21.4 Å². The highest BCUT2D eigenvalue weighted by Crippen LogP contribution is 2.54. The van der Waals surface area contributed by atoms with Crippen molar-refractivity contribution in [2.24, 2.45) is 23.7 Å². The van der Waals surface area contributed by atoms with Gasteiger partial charge >= 0.3 is 0 Å². The van der Waals surface area contributed by atoms with Gasteiger partial charge in [0, 0.05) is 12.0 Å². The van der Waals surface area contributed by atoms with Crippen LogP contribution in [0.3, 0.4) is 0 Å². The van der Waals surface area contributed by atoms with Crippen LogP contribution in [0, 0.1) is 42.9 Å². The lowest BCUT2D eigenvalue weighted by molar-refractivity contribution is -0.00791. The van der Waals surface area contributed by atoms with Gasteiger partial charge in [0.1, 0.15) is 0 Å². The van der Waals surface area contributed by atoms with Gasteiger partial charge in [-0.1, -0.05) is 78.3 Å². The molecule has 0 heterocycles. The lowest BCUT2D eigenvalue weighted by Gasteiger charge is -2.43. The number of terminal acetylenes is 1. The molecule has 0 amide bonds. The summed E-state index contributed by atoms with van der Waals surface area (Å²) in [4.78, 5) is 0.287. The van der Waals surface area contributed by atoms with Gasteiger partial charge in [0.2, 0.25) is 10.0 Å². The maximum Gasteiger partial charge on any atom is 0.244 e. The van der Waals surface area contributed by atoms with Crippen LogP contribution in [0.25, 0.3) is 0 Å². The predicted octanol–water partition coefficient (Wildman–Crippen LogP) is 4.58. The van der Waals surface area contributed by atoms with E-state index in [0.29, 0.717) is 18.4 Å². The summed E-state index contributed by atoms with van der Waals surface area (Å²) >= 11 is 0. The van der Waals surface area contributed by atoms with E-state index in [1.165, 1.54) is 4.31 Å². The third-order valence-electron chi connectivity index (χ3n) is 7.35. The Morgan fingerprint density at radius 2 is 1.67 bits per heavy atom. The Kier molecular flexibility index (Phi) is 6.01. The summed E-state index contributed by atoms with van der Waals surface area (Å²) in [6, 6.07) is 16.9. The van der Waals surface area contributed by atoms with Gasteiger partial charge in [-0.3, -0.25) is 0 Å².